The van der Waals surface area contributed by atoms with Gasteiger partial charge in [0, 0.05) is 37.1 Å². The van der Waals surface area contributed by atoms with Gasteiger partial charge < -0.3 is 19.3 Å². The molecule has 38 heavy (non-hydrogen) atoms. The molecule has 3 aromatic carbocycles. The van der Waals surface area contributed by atoms with Gasteiger partial charge in [-0.3, -0.25) is 4.79 Å². The van der Waals surface area contributed by atoms with Crippen LogP contribution in [0, 0.1) is 19.8 Å². The number of amides is 1. The minimum absolute atomic E-state index is 0. The van der Waals surface area contributed by atoms with Gasteiger partial charge in [0.15, 0.2) is 0 Å². The average Bonchev–Trinajstić information content (AvgIpc) is 3.14. The van der Waals surface area contributed by atoms with Crippen molar-refractivity contribution in [3.63, 3.8) is 0 Å². The van der Waals surface area contributed by atoms with Crippen LogP contribution >= 0.6 is 12.4 Å². The first kappa shape index (κ1) is 28.3. The van der Waals surface area contributed by atoms with Crippen LogP contribution in [0.1, 0.15) is 52.7 Å². The lowest BCUT2D eigenvalue weighted by molar-refractivity contribution is 0.0695. The smallest absolute Gasteiger partial charge is 0.254 e. The molecule has 0 N–H and O–H groups in total. The molecule has 0 radical (unpaired) electrons. The second-order valence-corrected chi connectivity index (χ2v) is 10.8. The van der Waals surface area contributed by atoms with E-state index in [9.17, 15) is 4.79 Å². The molecule has 2 heterocycles. The Hall–Kier alpha value is -2.76. The quantitative estimate of drug-likeness (QED) is 0.310. The summed E-state index contributed by atoms with van der Waals surface area (Å²) < 4.78 is 11.6. The molecule has 0 spiro atoms. The summed E-state index contributed by atoms with van der Waals surface area (Å²) in [4.78, 5) is 18.0. The normalized spacial score (nSPS) is 18.0. The first-order valence-electron chi connectivity index (χ1n) is 13.8. The van der Waals surface area contributed by atoms with Gasteiger partial charge in [0.1, 0.15) is 11.5 Å². The van der Waals surface area contributed by atoms with Crippen molar-refractivity contribution in [1.82, 2.24) is 9.80 Å². The lowest BCUT2D eigenvalue weighted by atomic mass is 9.93. The van der Waals surface area contributed by atoms with Gasteiger partial charge in [0.25, 0.3) is 5.91 Å². The van der Waals surface area contributed by atoms with Crippen LogP contribution in [0.3, 0.4) is 0 Å². The fraction of sp³-hybridized carbons (Fsp3) is 0.469. The maximum atomic E-state index is 13.3. The van der Waals surface area contributed by atoms with E-state index in [1.165, 1.54) is 36.0 Å². The van der Waals surface area contributed by atoms with E-state index in [4.69, 9.17) is 9.47 Å². The van der Waals surface area contributed by atoms with Crippen molar-refractivity contribution in [2.45, 2.75) is 46.0 Å². The molecule has 1 atom stereocenters. The van der Waals surface area contributed by atoms with Crippen molar-refractivity contribution < 1.29 is 14.3 Å². The van der Waals surface area contributed by atoms with Crippen LogP contribution in [-0.2, 0) is 6.42 Å². The van der Waals surface area contributed by atoms with E-state index < -0.39 is 0 Å². The fourth-order valence-corrected chi connectivity index (χ4v) is 5.92. The van der Waals surface area contributed by atoms with Gasteiger partial charge in [0.2, 0.25) is 0 Å². The van der Waals surface area contributed by atoms with E-state index in [-0.39, 0.29) is 18.3 Å². The van der Waals surface area contributed by atoms with Crippen LogP contribution in [-0.4, -0.2) is 62.1 Å². The third kappa shape index (κ3) is 6.44. The zero-order valence-electron chi connectivity index (χ0n) is 23.0. The minimum Gasteiger partial charge on any atom is -0.497 e. The maximum Gasteiger partial charge on any atom is 0.254 e. The number of halogens is 1. The molecule has 0 saturated carbocycles. The molecule has 2 aliphatic rings. The van der Waals surface area contributed by atoms with Crippen molar-refractivity contribution in [3.8, 4) is 11.5 Å². The Morgan fingerprint density at radius 2 is 1.84 bits per heavy atom. The number of carbonyl (C=O) groups excluding carboxylic acids is 1. The summed E-state index contributed by atoms with van der Waals surface area (Å²) in [5, 5.41) is 2.25. The number of aryl methyl sites for hydroxylation is 2. The molecule has 0 bridgehead atoms. The monoisotopic (exact) mass is 536 g/mol. The van der Waals surface area contributed by atoms with Gasteiger partial charge in [-0.15, -0.1) is 12.4 Å². The molecule has 2 aliphatic heterocycles. The van der Waals surface area contributed by atoms with Gasteiger partial charge in [-0.05, 0) is 104 Å². The van der Waals surface area contributed by atoms with E-state index in [0.717, 1.165) is 73.4 Å². The lowest BCUT2D eigenvalue weighted by Crippen LogP contribution is -2.43. The molecular formula is C32H41ClN2O3. The van der Waals surface area contributed by atoms with Crippen molar-refractivity contribution >= 4 is 29.1 Å². The van der Waals surface area contributed by atoms with Gasteiger partial charge in [-0.25, -0.2) is 0 Å². The average molecular weight is 537 g/mol. The largest absolute Gasteiger partial charge is 0.497 e. The molecule has 1 unspecified atom stereocenters. The Kier molecular flexibility index (Phi) is 9.56. The number of methoxy groups -OCH3 is 1. The Labute approximate surface area is 233 Å². The second-order valence-electron chi connectivity index (χ2n) is 10.8. The molecule has 3 aromatic rings. The highest BCUT2D eigenvalue weighted by Gasteiger charge is 2.28. The molecule has 1 amide bonds. The van der Waals surface area contributed by atoms with Crippen molar-refractivity contribution in [2.75, 3.05) is 46.4 Å². The summed E-state index contributed by atoms with van der Waals surface area (Å²) in [5.41, 5.74) is 4.63. The Morgan fingerprint density at radius 3 is 2.68 bits per heavy atom. The van der Waals surface area contributed by atoms with Crippen LogP contribution in [0.15, 0.2) is 48.5 Å². The Bertz CT molecular complexity index is 1260. The van der Waals surface area contributed by atoms with Gasteiger partial charge in [-0.2, -0.15) is 0 Å². The SMILES string of the molecule is COc1ccc2c(OCCCN3CCCCC(CN4CCc5cc(C)c(C)cc5C4=O)C3)cccc2c1.Cl. The Morgan fingerprint density at radius 1 is 1.00 bits per heavy atom. The van der Waals surface area contributed by atoms with Gasteiger partial charge in [-0.1, -0.05) is 24.6 Å². The van der Waals surface area contributed by atoms with Crippen LogP contribution in [0.5, 0.6) is 11.5 Å². The van der Waals surface area contributed by atoms with E-state index in [1.807, 2.05) is 24.3 Å². The van der Waals surface area contributed by atoms with Crippen molar-refractivity contribution in [2.24, 2.45) is 5.92 Å². The van der Waals surface area contributed by atoms with Crippen LogP contribution in [0.2, 0.25) is 0 Å². The molecule has 0 aliphatic carbocycles. The number of ether oxygens (including phenoxy) is 2. The summed E-state index contributed by atoms with van der Waals surface area (Å²) in [7, 11) is 1.69. The van der Waals surface area contributed by atoms with Gasteiger partial charge in [0.05, 0.1) is 13.7 Å². The minimum atomic E-state index is 0. The zero-order chi connectivity index (χ0) is 25.8. The summed E-state index contributed by atoms with van der Waals surface area (Å²) in [6.07, 6.45) is 5.65. The number of likely N-dealkylation sites (tertiary alicyclic amines) is 1. The second kappa shape index (κ2) is 12.9. The number of hydrogen-bond acceptors (Lipinski definition) is 4. The van der Waals surface area contributed by atoms with Crippen LogP contribution in [0.25, 0.3) is 10.8 Å². The highest BCUT2D eigenvalue weighted by Crippen LogP contribution is 2.29. The van der Waals surface area contributed by atoms with Crippen LogP contribution in [0.4, 0.5) is 0 Å². The molecule has 1 saturated heterocycles. The summed E-state index contributed by atoms with van der Waals surface area (Å²) in [5.74, 6) is 2.55. The van der Waals surface area contributed by atoms with E-state index in [1.54, 1.807) is 7.11 Å². The van der Waals surface area contributed by atoms with E-state index in [2.05, 4.69) is 47.9 Å². The summed E-state index contributed by atoms with van der Waals surface area (Å²) in [6.45, 7) is 9.89. The predicted octanol–water partition coefficient (Wildman–Crippen LogP) is 6.46. The summed E-state index contributed by atoms with van der Waals surface area (Å²) in [6, 6.07) is 16.6. The number of carbonyl (C=O) groups is 1. The lowest BCUT2D eigenvalue weighted by Gasteiger charge is -2.33. The van der Waals surface area contributed by atoms with Crippen LogP contribution < -0.4 is 9.47 Å². The fourth-order valence-electron chi connectivity index (χ4n) is 5.92. The highest BCUT2D eigenvalue weighted by atomic mass is 35.5. The standard InChI is InChI=1S/C32H40N2O3.ClH/c1-23-18-27-13-16-34(32(35)30(27)19-24(23)2)22-25-8-4-5-14-33(21-25)15-7-17-37-31-10-6-9-26-20-28(36-3)11-12-29(26)31;/h6,9-12,18-20,25H,4-5,7-8,13-17,21-22H2,1-3H3;1H. The number of nitrogens with zero attached hydrogens (tertiary/aromatic N) is 2. The third-order valence-corrected chi connectivity index (χ3v) is 8.14. The highest BCUT2D eigenvalue weighted by molar-refractivity contribution is 5.97. The molecule has 6 heteroatoms. The maximum absolute atomic E-state index is 13.3. The number of benzene rings is 3. The molecule has 5 rings (SSSR count). The zero-order valence-corrected chi connectivity index (χ0v) is 23.8. The third-order valence-electron chi connectivity index (χ3n) is 8.14. The van der Waals surface area contributed by atoms with Crippen molar-refractivity contribution in [3.05, 3.63) is 70.8 Å². The van der Waals surface area contributed by atoms with Crippen molar-refractivity contribution in [1.29, 1.82) is 0 Å². The molecule has 5 nitrogen and oxygen atoms in total. The number of fused-ring (bicyclic) bond motifs is 2. The first-order valence-corrected chi connectivity index (χ1v) is 13.8. The van der Waals surface area contributed by atoms with Gasteiger partial charge >= 0.3 is 0 Å². The topological polar surface area (TPSA) is 42.0 Å². The first-order chi connectivity index (χ1) is 18.0. The molecule has 1 fully saturated rings. The summed E-state index contributed by atoms with van der Waals surface area (Å²) >= 11 is 0. The number of rotatable bonds is 8. The number of hydrogen-bond donors (Lipinski definition) is 0. The molecular weight excluding hydrogens is 496 g/mol. The Balaban J connectivity index is 0.00000336. The molecule has 0 aromatic heterocycles. The van der Waals surface area contributed by atoms with E-state index in [0.29, 0.717) is 12.5 Å². The molecule has 204 valence electrons. The predicted molar refractivity (Wildman–Crippen MR) is 157 cm³/mol. The van der Waals surface area contributed by atoms with E-state index >= 15 is 0 Å².